The highest BCUT2D eigenvalue weighted by atomic mass is 127. The summed E-state index contributed by atoms with van der Waals surface area (Å²) < 4.78 is 0. The molecule has 1 fully saturated rings. The number of aliphatic imine (C=N–C) groups is 1. The van der Waals surface area contributed by atoms with Crippen LogP contribution in [0.3, 0.4) is 0 Å². The summed E-state index contributed by atoms with van der Waals surface area (Å²) in [4.78, 5) is 6.45. The van der Waals surface area contributed by atoms with Crippen molar-refractivity contribution < 1.29 is 5.11 Å². The van der Waals surface area contributed by atoms with E-state index in [4.69, 9.17) is 5.73 Å². The molecule has 1 aliphatic heterocycles. The van der Waals surface area contributed by atoms with Gasteiger partial charge in [-0.25, -0.2) is 4.99 Å². The lowest BCUT2D eigenvalue weighted by atomic mass is 10.00. The zero-order valence-corrected chi connectivity index (χ0v) is 14.4. The van der Waals surface area contributed by atoms with E-state index in [0.29, 0.717) is 12.5 Å². The van der Waals surface area contributed by atoms with E-state index in [1.165, 1.54) is 19.3 Å². The topological polar surface area (TPSA) is 61.9 Å². The number of nitrogens with two attached hydrogens (primary N) is 1. The van der Waals surface area contributed by atoms with Gasteiger partial charge in [-0.05, 0) is 48.6 Å². The van der Waals surface area contributed by atoms with Crippen LogP contribution in [0.5, 0.6) is 0 Å². The normalized spacial score (nSPS) is 19.7. The lowest BCUT2D eigenvalue weighted by molar-refractivity contribution is 0.0674. The van der Waals surface area contributed by atoms with E-state index in [-0.39, 0.29) is 24.0 Å². The lowest BCUT2D eigenvalue weighted by Crippen LogP contribution is -2.41. The first-order chi connectivity index (χ1) is 8.59. The van der Waals surface area contributed by atoms with Crippen molar-refractivity contribution >= 4 is 41.3 Å². The van der Waals surface area contributed by atoms with Gasteiger partial charge in [-0.15, -0.1) is 24.0 Å². The summed E-state index contributed by atoms with van der Waals surface area (Å²) in [7, 11) is 0. The largest absolute Gasteiger partial charge is 0.383 e. The number of hydrogen-bond donors (Lipinski definition) is 2. The first-order valence-electron chi connectivity index (χ1n) is 6.39. The summed E-state index contributed by atoms with van der Waals surface area (Å²) in [6.07, 6.45) is 3.63. The summed E-state index contributed by atoms with van der Waals surface area (Å²) in [5.41, 5.74) is 5.95. The molecule has 0 amide bonds. The molecule has 3 N–H and O–H groups in total. The maximum Gasteiger partial charge on any atom is 0.191 e. The minimum absolute atomic E-state index is 0. The Morgan fingerprint density at radius 3 is 2.74 bits per heavy atom. The van der Waals surface area contributed by atoms with Crippen LogP contribution in [0, 0.1) is 0 Å². The molecule has 1 atom stereocenters. The van der Waals surface area contributed by atoms with Crippen molar-refractivity contribution in [2.45, 2.75) is 31.8 Å². The standard InChI is InChI=1S/C13H21N3OS.HI/c1-13(17,11-5-8-18-9-11)10-15-12(14)16-6-3-2-4-7-16;/h5,8-9,17H,2-4,6-7,10H2,1H3,(H2,14,15);1H. The van der Waals surface area contributed by atoms with Crippen molar-refractivity contribution in [3.63, 3.8) is 0 Å². The number of likely N-dealkylation sites (tertiary alicyclic amines) is 1. The van der Waals surface area contributed by atoms with Gasteiger partial charge in [0, 0.05) is 13.1 Å². The lowest BCUT2D eigenvalue weighted by Gasteiger charge is -2.28. The highest BCUT2D eigenvalue weighted by Gasteiger charge is 2.23. The monoisotopic (exact) mass is 395 g/mol. The molecule has 2 heterocycles. The van der Waals surface area contributed by atoms with Crippen LogP contribution in [0.15, 0.2) is 21.8 Å². The van der Waals surface area contributed by atoms with Gasteiger partial charge in [0.05, 0.1) is 6.54 Å². The fraction of sp³-hybridized carbons (Fsp3) is 0.615. The molecule has 108 valence electrons. The Balaban J connectivity index is 0.00000180. The van der Waals surface area contributed by atoms with Crippen LogP contribution in [0.2, 0.25) is 0 Å². The third-order valence-electron chi connectivity index (χ3n) is 3.37. The Hall–Kier alpha value is -0.340. The Morgan fingerprint density at radius 1 is 1.47 bits per heavy atom. The van der Waals surface area contributed by atoms with E-state index in [9.17, 15) is 5.11 Å². The highest BCUT2D eigenvalue weighted by molar-refractivity contribution is 14.0. The quantitative estimate of drug-likeness (QED) is 0.469. The molecule has 1 aromatic rings. The van der Waals surface area contributed by atoms with E-state index in [2.05, 4.69) is 9.89 Å². The van der Waals surface area contributed by atoms with E-state index in [0.717, 1.165) is 18.7 Å². The zero-order chi connectivity index (χ0) is 13.0. The van der Waals surface area contributed by atoms with Gasteiger partial charge >= 0.3 is 0 Å². The number of hydrogen-bond acceptors (Lipinski definition) is 3. The van der Waals surface area contributed by atoms with Crippen LogP contribution >= 0.6 is 35.3 Å². The summed E-state index contributed by atoms with van der Waals surface area (Å²) in [6.45, 7) is 4.06. The van der Waals surface area contributed by atoms with Crippen molar-refractivity contribution in [3.05, 3.63) is 22.4 Å². The molecule has 0 aromatic carbocycles. The summed E-state index contributed by atoms with van der Waals surface area (Å²) in [5.74, 6) is 0.560. The molecular formula is C13H22IN3OS. The number of nitrogens with zero attached hydrogens (tertiary/aromatic N) is 2. The van der Waals surface area contributed by atoms with E-state index >= 15 is 0 Å². The fourth-order valence-corrected chi connectivity index (χ4v) is 2.90. The molecule has 1 saturated heterocycles. The Kier molecular flexibility index (Phi) is 6.55. The van der Waals surface area contributed by atoms with Crippen LogP contribution in [0.1, 0.15) is 31.7 Å². The smallest absolute Gasteiger partial charge is 0.191 e. The molecule has 0 saturated carbocycles. The Bertz CT molecular complexity index is 400. The molecule has 2 rings (SSSR count). The van der Waals surface area contributed by atoms with Gasteiger partial charge in [-0.3, -0.25) is 0 Å². The summed E-state index contributed by atoms with van der Waals surface area (Å²) in [6, 6.07) is 1.93. The van der Waals surface area contributed by atoms with Crippen LogP contribution in [-0.2, 0) is 5.60 Å². The fourth-order valence-electron chi connectivity index (χ4n) is 2.12. The van der Waals surface area contributed by atoms with Crippen LogP contribution in [0.4, 0.5) is 0 Å². The molecule has 1 unspecified atom stereocenters. The van der Waals surface area contributed by atoms with Gasteiger partial charge < -0.3 is 15.7 Å². The third kappa shape index (κ3) is 4.61. The minimum Gasteiger partial charge on any atom is -0.383 e. The third-order valence-corrected chi connectivity index (χ3v) is 4.06. The highest BCUT2D eigenvalue weighted by Crippen LogP contribution is 2.23. The second-order valence-electron chi connectivity index (χ2n) is 5.01. The van der Waals surface area contributed by atoms with Crippen molar-refractivity contribution in [3.8, 4) is 0 Å². The van der Waals surface area contributed by atoms with Crippen molar-refractivity contribution in [1.29, 1.82) is 0 Å². The second kappa shape index (κ2) is 7.44. The minimum atomic E-state index is -0.930. The van der Waals surface area contributed by atoms with Gasteiger partial charge in [-0.1, -0.05) is 0 Å². The number of halogens is 1. The first kappa shape index (κ1) is 16.7. The average Bonchev–Trinajstić information content (AvgIpc) is 2.92. The predicted octanol–water partition coefficient (Wildman–Crippen LogP) is 2.37. The van der Waals surface area contributed by atoms with Crippen LogP contribution < -0.4 is 5.73 Å². The maximum absolute atomic E-state index is 10.3. The number of aliphatic hydroxyl groups is 1. The van der Waals surface area contributed by atoms with Crippen LogP contribution in [0.25, 0.3) is 0 Å². The molecule has 4 nitrogen and oxygen atoms in total. The van der Waals surface area contributed by atoms with E-state index in [1.54, 1.807) is 18.3 Å². The average molecular weight is 395 g/mol. The number of rotatable bonds is 3. The maximum atomic E-state index is 10.3. The van der Waals surface area contributed by atoms with Crippen molar-refractivity contribution in [2.75, 3.05) is 19.6 Å². The number of piperidine rings is 1. The van der Waals surface area contributed by atoms with Crippen molar-refractivity contribution in [2.24, 2.45) is 10.7 Å². The van der Waals surface area contributed by atoms with Gasteiger partial charge in [0.2, 0.25) is 0 Å². The number of guanidine groups is 1. The predicted molar refractivity (Wildman–Crippen MR) is 91.2 cm³/mol. The molecule has 19 heavy (non-hydrogen) atoms. The molecule has 1 aromatic heterocycles. The zero-order valence-electron chi connectivity index (χ0n) is 11.2. The first-order valence-corrected chi connectivity index (χ1v) is 7.34. The van der Waals surface area contributed by atoms with E-state index in [1.807, 2.05) is 16.8 Å². The molecule has 1 aliphatic rings. The SMILES string of the molecule is CC(O)(CN=C(N)N1CCCCC1)c1ccsc1.I. The Morgan fingerprint density at radius 2 is 2.16 bits per heavy atom. The van der Waals surface area contributed by atoms with E-state index < -0.39 is 5.60 Å². The molecule has 0 aliphatic carbocycles. The summed E-state index contributed by atoms with van der Waals surface area (Å²) >= 11 is 1.58. The van der Waals surface area contributed by atoms with Gasteiger partial charge in [0.1, 0.15) is 5.60 Å². The van der Waals surface area contributed by atoms with Gasteiger partial charge in [0.15, 0.2) is 5.96 Å². The van der Waals surface area contributed by atoms with Crippen molar-refractivity contribution in [1.82, 2.24) is 4.90 Å². The van der Waals surface area contributed by atoms with Gasteiger partial charge in [-0.2, -0.15) is 11.3 Å². The molecule has 6 heteroatoms. The summed E-state index contributed by atoms with van der Waals surface area (Å²) in [5, 5.41) is 14.3. The van der Waals surface area contributed by atoms with Crippen LogP contribution in [-0.4, -0.2) is 35.6 Å². The van der Waals surface area contributed by atoms with Gasteiger partial charge in [0.25, 0.3) is 0 Å². The Labute approximate surface area is 135 Å². The molecule has 0 radical (unpaired) electrons. The second-order valence-corrected chi connectivity index (χ2v) is 5.79. The number of thiophene rings is 1. The molecule has 0 bridgehead atoms. The molecule has 0 spiro atoms. The molecular weight excluding hydrogens is 373 g/mol.